The molecule has 0 bridgehead atoms. The molecule has 0 aliphatic heterocycles. The highest BCUT2D eigenvalue weighted by Crippen LogP contribution is 2.32. The molecule has 0 fully saturated rings. The first-order valence-corrected chi connectivity index (χ1v) is 4.49. The third-order valence-corrected chi connectivity index (χ3v) is 1.90. The van der Waals surface area contributed by atoms with Crippen molar-refractivity contribution >= 4 is 5.97 Å². The number of benzene rings is 1. The number of nitrogens with two attached hydrogens (primary N) is 1. The Morgan fingerprint density at radius 1 is 1.41 bits per heavy atom. The van der Waals surface area contributed by atoms with Gasteiger partial charge in [0.1, 0.15) is 0 Å². The Labute approximate surface area is 95.0 Å². The highest BCUT2D eigenvalue weighted by Gasteiger charge is 2.33. The van der Waals surface area contributed by atoms with Gasteiger partial charge in [0.05, 0.1) is 17.7 Å². The van der Waals surface area contributed by atoms with Gasteiger partial charge < -0.3 is 10.8 Å². The van der Waals surface area contributed by atoms with Gasteiger partial charge in [-0.05, 0) is 18.2 Å². The Balaban J connectivity index is 3.37. The monoisotopic (exact) mass is 243 g/mol. The van der Waals surface area contributed by atoms with Gasteiger partial charge in [0.15, 0.2) is 0 Å². The summed E-state index contributed by atoms with van der Waals surface area (Å²) in [6.45, 7) is -0.0714. The summed E-state index contributed by atoms with van der Waals surface area (Å²) >= 11 is 0. The summed E-state index contributed by atoms with van der Waals surface area (Å²) in [6, 6.07) is 2.65. The van der Waals surface area contributed by atoms with Crippen molar-refractivity contribution in [2.45, 2.75) is 6.18 Å². The van der Waals surface area contributed by atoms with Crippen LogP contribution in [-0.4, -0.2) is 17.6 Å². The fraction of sp³-hybridized carbons (Fsp3) is 0.182. The van der Waals surface area contributed by atoms with Gasteiger partial charge in [-0.2, -0.15) is 13.2 Å². The highest BCUT2D eigenvalue weighted by molar-refractivity contribution is 5.88. The first kappa shape index (κ1) is 13.1. The Kier molecular flexibility index (Phi) is 3.76. The number of hydrogen-bond donors (Lipinski definition) is 2. The van der Waals surface area contributed by atoms with Gasteiger partial charge in [-0.25, -0.2) is 4.79 Å². The number of carbonyl (C=O) groups is 1. The molecule has 0 spiro atoms. The van der Waals surface area contributed by atoms with Crippen molar-refractivity contribution in [3.63, 3.8) is 0 Å². The Morgan fingerprint density at radius 3 is 2.53 bits per heavy atom. The van der Waals surface area contributed by atoms with Crippen LogP contribution in [0, 0.1) is 11.8 Å². The maximum atomic E-state index is 12.6. The molecule has 3 nitrogen and oxygen atoms in total. The molecule has 0 heterocycles. The first-order chi connectivity index (χ1) is 7.86. The van der Waals surface area contributed by atoms with Crippen LogP contribution in [0.3, 0.4) is 0 Å². The van der Waals surface area contributed by atoms with Crippen LogP contribution in [0.25, 0.3) is 0 Å². The predicted molar refractivity (Wildman–Crippen MR) is 54.3 cm³/mol. The fourth-order valence-electron chi connectivity index (χ4n) is 1.17. The van der Waals surface area contributed by atoms with Crippen LogP contribution in [0.1, 0.15) is 21.5 Å². The van der Waals surface area contributed by atoms with E-state index in [0.29, 0.717) is 6.07 Å². The molecule has 0 aliphatic carbocycles. The molecule has 0 atom stereocenters. The maximum Gasteiger partial charge on any atom is 0.417 e. The summed E-state index contributed by atoms with van der Waals surface area (Å²) in [5.74, 6) is 3.13. The number of halogens is 3. The molecule has 0 radical (unpaired) electrons. The maximum absolute atomic E-state index is 12.6. The fourth-order valence-corrected chi connectivity index (χ4v) is 1.17. The van der Waals surface area contributed by atoms with E-state index >= 15 is 0 Å². The smallest absolute Gasteiger partial charge is 0.417 e. The molecule has 1 aromatic rings. The lowest BCUT2D eigenvalue weighted by atomic mass is 10.0. The molecule has 0 aliphatic rings. The van der Waals surface area contributed by atoms with Crippen molar-refractivity contribution in [3.8, 4) is 11.8 Å². The standard InChI is InChI=1S/C11H8F3NO2/c12-11(13,14)9-6-8(10(16)17)4-3-7(9)2-1-5-15/h3-4,6H,5,15H2,(H,16,17). The van der Waals surface area contributed by atoms with E-state index < -0.39 is 23.3 Å². The van der Waals surface area contributed by atoms with Crippen LogP contribution in [0.5, 0.6) is 0 Å². The SMILES string of the molecule is NCC#Cc1ccc(C(=O)O)cc1C(F)(F)F. The molecule has 0 unspecified atom stereocenters. The number of carboxylic acids is 1. The van der Waals surface area contributed by atoms with Gasteiger partial charge in [0, 0.05) is 5.56 Å². The number of aromatic carboxylic acids is 1. The molecule has 1 rings (SSSR count). The second-order valence-corrected chi connectivity index (χ2v) is 3.07. The zero-order valence-electron chi connectivity index (χ0n) is 8.51. The van der Waals surface area contributed by atoms with Crippen LogP contribution < -0.4 is 5.73 Å². The number of rotatable bonds is 1. The molecule has 1 aromatic carbocycles. The zero-order chi connectivity index (χ0) is 13.1. The molecular formula is C11H8F3NO2. The van der Waals surface area contributed by atoms with E-state index in [4.69, 9.17) is 10.8 Å². The van der Waals surface area contributed by atoms with Gasteiger partial charge in [-0.3, -0.25) is 0 Å². The van der Waals surface area contributed by atoms with Gasteiger partial charge in [-0.15, -0.1) is 0 Å². The van der Waals surface area contributed by atoms with Gasteiger partial charge >= 0.3 is 12.1 Å². The minimum atomic E-state index is -4.65. The summed E-state index contributed by atoms with van der Waals surface area (Å²) in [5.41, 5.74) is 3.27. The normalized spacial score (nSPS) is 10.6. The van der Waals surface area contributed by atoms with E-state index in [1.165, 1.54) is 0 Å². The van der Waals surface area contributed by atoms with E-state index in [2.05, 4.69) is 11.8 Å². The molecule has 17 heavy (non-hydrogen) atoms. The summed E-state index contributed by atoms with van der Waals surface area (Å²) in [7, 11) is 0. The lowest BCUT2D eigenvalue weighted by molar-refractivity contribution is -0.137. The molecule has 0 saturated carbocycles. The van der Waals surface area contributed by atoms with E-state index in [0.717, 1.165) is 12.1 Å². The minimum Gasteiger partial charge on any atom is -0.478 e. The Bertz CT molecular complexity index is 498. The quantitative estimate of drug-likeness (QED) is 0.738. The van der Waals surface area contributed by atoms with E-state index in [-0.39, 0.29) is 12.1 Å². The Morgan fingerprint density at radius 2 is 2.06 bits per heavy atom. The summed E-state index contributed by atoms with van der Waals surface area (Å²) < 4.78 is 37.9. The van der Waals surface area contributed by atoms with Crippen molar-refractivity contribution in [3.05, 3.63) is 34.9 Å². The summed E-state index contributed by atoms with van der Waals surface area (Å²) in [6.07, 6.45) is -4.65. The van der Waals surface area contributed by atoms with E-state index in [1.54, 1.807) is 0 Å². The van der Waals surface area contributed by atoms with E-state index in [1.807, 2.05) is 0 Å². The molecular weight excluding hydrogens is 235 g/mol. The van der Waals surface area contributed by atoms with Crippen molar-refractivity contribution < 1.29 is 23.1 Å². The van der Waals surface area contributed by atoms with E-state index in [9.17, 15) is 18.0 Å². The van der Waals surface area contributed by atoms with Crippen molar-refractivity contribution in [2.24, 2.45) is 5.73 Å². The number of carboxylic acid groups (broad SMARTS) is 1. The third-order valence-electron chi connectivity index (χ3n) is 1.90. The largest absolute Gasteiger partial charge is 0.478 e. The first-order valence-electron chi connectivity index (χ1n) is 4.49. The lowest BCUT2D eigenvalue weighted by Crippen LogP contribution is -2.10. The average Bonchev–Trinajstić information content (AvgIpc) is 2.24. The minimum absolute atomic E-state index is 0.0714. The number of alkyl halides is 3. The van der Waals surface area contributed by atoms with Crippen molar-refractivity contribution in [2.75, 3.05) is 6.54 Å². The second kappa shape index (κ2) is 4.89. The summed E-state index contributed by atoms with van der Waals surface area (Å²) in [4.78, 5) is 10.6. The lowest BCUT2D eigenvalue weighted by Gasteiger charge is -2.09. The average molecular weight is 243 g/mol. The highest BCUT2D eigenvalue weighted by atomic mass is 19.4. The molecule has 3 N–H and O–H groups in total. The van der Waals surface area contributed by atoms with Gasteiger partial charge in [-0.1, -0.05) is 11.8 Å². The molecule has 90 valence electrons. The Hall–Kier alpha value is -2.00. The van der Waals surface area contributed by atoms with Crippen LogP contribution >= 0.6 is 0 Å². The van der Waals surface area contributed by atoms with Gasteiger partial charge in [0.25, 0.3) is 0 Å². The molecule has 0 amide bonds. The number of hydrogen-bond acceptors (Lipinski definition) is 2. The van der Waals surface area contributed by atoms with Crippen molar-refractivity contribution in [1.29, 1.82) is 0 Å². The predicted octanol–water partition coefficient (Wildman–Crippen LogP) is 1.71. The van der Waals surface area contributed by atoms with Gasteiger partial charge in [0.2, 0.25) is 0 Å². The van der Waals surface area contributed by atoms with Crippen LogP contribution in [0.15, 0.2) is 18.2 Å². The van der Waals surface area contributed by atoms with Crippen LogP contribution in [0.2, 0.25) is 0 Å². The second-order valence-electron chi connectivity index (χ2n) is 3.07. The topological polar surface area (TPSA) is 63.3 Å². The molecule has 0 saturated heterocycles. The molecule has 0 aromatic heterocycles. The van der Waals surface area contributed by atoms with Crippen molar-refractivity contribution in [1.82, 2.24) is 0 Å². The molecule has 6 heteroatoms. The zero-order valence-corrected chi connectivity index (χ0v) is 8.51. The van der Waals surface area contributed by atoms with Crippen LogP contribution in [-0.2, 0) is 6.18 Å². The van der Waals surface area contributed by atoms with Crippen LogP contribution in [0.4, 0.5) is 13.2 Å². The summed E-state index contributed by atoms with van der Waals surface area (Å²) in [5, 5.41) is 8.62. The third kappa shape index (κ3) is 3.23.